The van der Waals surface area contributed by atoms with Crippen molar-refractivity contribution in [2.75, 3.05) is 0 Å². The number of phenols is 1. The van der Waals surface area contributed by atoms with Crippen molar-refractivity contribution in [1.29, 1.82) is 0 Å². The molecule has 0 aliphatic heterocycles. The van der Waals surface area contributed by atoms with Crippen molar-refractivity contribution in [3.05, 3.63) is 29.8 Å². The van der Waals surface area contributed by atoms with Crippen molar-refractivity contribution in [1.82, 2.24) is 16.0 Å². The number of carbonyl (C=O) groups excluding carboxylic acids is 4. The van der Waals surface area contributed by atoms with Crippen molar-refractivity contribution >= 4 is 35.6 Å². The molecule has 5 atom stereocenters. The largest absolute Gasteiger partial charge is 0.508 e. The Morgan fingerprint density at radius 1 is 0.842 bits per heavy atom. The zero-order chi connectivity index (χ0) is 29.0. The Morgan fingerprint density at radius 3 is 1.92 bits per heavy atom. The van der Waals surface area contributed by atoms with Gasteiger partial charge in [-0.1, -0.05) is 12.1 Å². The van der Waals surface area contributed by atoms with Gasteiger partial charge in [0.25, 0.3) is 0 Å². The number of rotatable bonds is 16. The van der Waals surface area contributed by atoms with Crippen molar-refractivity contribution in [3.8, 4) is 5.75 Å². The molecule has 0 fully saturated rings. The average molecular weight is 540 g/mol. The van der Waals surface area contributed by atoms with Crippen LogP contribution in [0.25, 0.3) is 0 Å². The molecule has 0 spiro atoms. The maximum Gasteiger partial charge on any atom is 0.326 e. The highest BCUT2D eigenvalue weighted by molar-refractivity contribution is 5.94. The molecule has 0 radical (unpaired) electrons. The first-order chi connectivity index (χ1) is 17.7. The van der Waals surface area contributed by atoms with E-state index in [1.165, 1.54) is 31.2 Å². The Kier molecular flexibility index (Phi) is 12.6. The molecular weight excluding hydrogens is 506 g/mol. The highest BCUT2D eigenvalue weighted by Crippen LogP contribution is 2.12. The summed E-state index contributed by atoms with van der Waals surface area (Å²) in [6.45, 7) is 1.17. The Bertz CT molecular complexity index is 1010. The zero-order valence-electron chi connectivity index (χ0n) is 20.6. The van der Waals surface area contributed by atoms with Gasteiger partial charge in [0.2, 0.25) is 23.6 Å². The van der Waals surface area contributed by atoms with Gasteiger partial charge in [-0.3, -0.25) is 24.0 Å². The summed E-state index contributed by atoms with van der Waals surface area (Å²) in [7, 11) is 0. The molecule has 0 saturated carbocycles. The van der Waals surface area contributed by atoms with E-state index in [0.29, 0.717) is 5.56 Å². The number of primary amides is 1. The second-order valence-electron chi connectivity index (χ2n) is 8.60. The zero-order valence-corrected chi connectivity index (χ0v) is 20.6. The van der Waals surface area contributed by atoms with Crippen LogP contribution in [0, 0.1) is 0 Å². The third-order valence-electron chi connectivity index (χ3n) is 5.37. The maximum absolute atomic E-state index is 12.9. The van der Waals surface area contributed by atoms with Gasteiger partial charge in [0.05, 0.1) is 12.1 Å². The second kappa shape index (κ2) is 15.1. The summed E-state index contributed by atoms with van der Waals surface area (Å²) in [5.41, 5.74) is 11.2. The summed E-state index contributed by atoms with van der Waals surface area (Å²) in [5, 5.41) is 44.5. The molecule has 15 heteroatoms. The number of nitrogens with one attached hydrogen (secondary N) is 3. The minimum absolute atomic E-state index is 0.0395. The SMILES string of the molecule is CC(O)C(NC(=O)C(CCC(N)=O)NC(=O)C(N)CCC(=O)O)C(=O)NC(Cc1ccc(O)cc1)C(=O)O. The van der Waals surface area contributed by atoms with E-state index in [2.05, 4.69) is 16.0 Å². The Balaban J connectivity index is 2.98. The van der Waals surface area contributed by atoms with Gasteiger partial charge in [0.15, 0.2) is 0 Å². The summed E-state index contributed by atoms with van der Waals surface area (Å²) in [4.78, 5) is 71.7. The van der Waals surface area contributed by atoms with E-state index in [-0.39, 0.29) is 31.4 Å². The van der Waals surface area contributed by atoms with E-state index in [1.54, 1.807) is 0 Å². The van der Waals surface area contributed by atoms with Crippen LogP contribution in [0.2, 0.25) is 0 Å². The van der Waals surface area contributed by atoms with Gasteiger partial charge in [-0.05, 0) is 37.5 Å². The second-order valence-corrected chi connectivity index (χ2v) is 8.60. The summed E-state index contributed by atoms with van der Waals surface area (Å²) in [5.74, 6) is -6.36. The molecule has 0 saturated heterocycles. The van der Waals surface area contributed by atoms with Crippen LogP contribution >= 0.6 is 0 Å². The fraction of sp³-hybridized carbons (Fsp3) is 0.478. The molecule has 4 amide bonds. The molecule has 1 aromatic rings. The van der Waals surface area contributed by atoms with E-state index in [1.807, 2.05) is 0 Å². The van der Waals surface area contributed by atoms with Gasteiger partial charge in [0.1, 0.15) is 23.9 Å². The minimum Gasteiger partial charge on any atom is -0.508 e. The van der Waals surface area contributed by atoms with Crippen LogP contribution in [0.3, 0.4) is 0 Å². The summed E-state index contributed by atoms with van der Waals surface area (Å²) in [6.07, 6.45) is -2.97. The lowest BCUT2D eigenvalue weighted by Gasteiger charge is -2.26. The quantitative estimate of drug-likeness (QED) is 0.104. The Morgan fingerprint density at radius 2 is 1.42 bits per heavy atom. The van der Waals surface area contributed by atoms with Crippen LogP contribution < -0.4 is 27.4 Å². The summed E-state index contributed by atoms with van der Waals surface area (Å²) < 4.78 is 0. The predicted molar refractivity (Wildman–Crippen MR) is 130 cm³/mol. The van der Waals surface area contributed by atoms with E-state index in [0.717, 1.165) is 0 Å². The number of phenolic OH excluding ortho intramolecular Hbond substituents is 1. The third-order valence-corrected chi connectivity index (χ3v) is 5.37. The number of hydrogen-bond donors (Lipinski definition) is 9. The maximum atomic E-state index is 12.9. The number of carboxylic acid groups (broad SMARTS) is 2. The highest BCUT2D eigenvalue weighted by atomic mass is 16.4. The van der Waals surface area contributed by atoms with Crippen LogP contribution in [0.15, 0.2) is 24.3 Å². The molecule has 0 aliphatic carbocycles. The van der Waals surface area contributed by atoms with Crippen LogP contribution in [0.1, 0.15) is 38.2 Å². The standard InChI is InChI=1S/C23H33N5O10/c1-11(29)19(22(36)27-16(23(37)38)10-12-2-4-13(30)5-3-12)28-21(35)15(7-8-17(25)31)26-20(34)14(24)6-9-18(32)33/h2-5,11,14-16,19,29-30H,6-10,24H2,1H3,(H2,25,31)(H,26,34)(H,27,36)(H,28,35)(H,32,33)(H,37,38). The summed E-state index contributed by atoms with van der Waals surface area (Å²) >= 11 is 0. The number of nitrogens with two attached hydrogens (primary N) is 2. The first-order valence-electron chi connectivity index (χ1n) is 11.6. The van der Waals surface area contributed by atoms with Gasteiger partial charge in [0, 0.05) is 19.3 Å². The Labute approximate surface area is 217 Å². The van der Waals surface area contributed by atoms with Crippen molar-refractivity contribution in [3.63, 3.8) is 0 Å². The van der Waals surface area contributed by atoms with Crippen LogP contribution in [-0.2, 0) is 35.2 Å². The monoisotopic (exact) mass is 539 g/mol. The molecule has 210 valence electrons. The number of aliphatic hydroxyl groups excluding tert-OH is 1. The molecule has 38 heavy (non-hydrogen) atoms. The molecule has 5 unspecified atom stereocenters. The van der Waals surface area contributed by atoms with Gasteiger partial charge in [-0.15, -0.1) is 0 Å². The fourth-order valence-corrected chi connectivity index (χ4v) is 3.23. The number of carboxylic acids is 2. The van der Waals surface area contributed by atoms with Gasteiger partial charge in [-0.25, -0.2) is 4.79 Å². The third kappa shape index (κ3) is 11.2. The molecule has 0 bridgehead atoms. The number of amides is 4. The van der Waals surface area contributed by atoms with Crippen molar-refractivity contribution in [2.45, 2.75) is 69.3 Å². The summed E-state index contributed by atoms with van der Waals surface area (Å²) in [6, 6.07) is -0.252. The molecule has 15 nitrogen and oxygen atoms in total. The predicted octanol–water partition coefficient (Wildman–Crippen LogP) is -2.69. The number of carbonyl (C=O) groups is 6. The smallest absolute Gasteiger partial charge is 0.326 e. The van der Waals surface area contributed by atoms with E-state index in [4.69, 9.17) is 16.6 Å². The molecular formula is C23H33N5O10. The topological polar surface area (TPSA) is 271 Å². The molecule has 1 rings (SSSR count). The number of benzene rings is 1. The molecule has 11 N–H and O–H groups in total. The number of hydrogen-bond acceptors (Lipinski definition) is 9. The first-order valence-corrected chi connectivity index (χ1v) is 11.6. The molecule has 0 aromatic heterocycles. The van der Waals surface area contributed by atoms with Crippen LogP contribution in [0.4, 0.5) is 0 Å². The number of aromatic hydroxyl groups is 1. The lowest BCUT2D eigenvalue weighted by molar-refractivity contribution is -0.143. The van der Waals surface area contributed by atoms with Crippen molar-refractivity contribution < 1.29 is 49.2 Å². The van der Waals surface area contributed by atoms with Crippen LogP contribution in [-0.4, -0.2) is 86.3 Å². The molecule has 0 aliphatic rings. The lowest BCUT2D eigenvalue weighted by Crippen LogP contribution is -2.60. The number of aliphatic hydroxyl groups is 1. The Hall–Kier alpha value is -4.24. The van der Waals surface area contributed by atoms with Crippen LogP contribution in [0.5, 0.6) is 5.75 Å². The average Bonchev–Trinajstić information content (AvgIpc) is 2.83. The number of aliphatic carboxylic acids is 2. The fourth-order valence-electron chi connectivity index (χ4n) is 3.23. The van der Waals surface area contributed by atoms with E-state index in [9.17, 15) is 44.1 Å². The minimum atomic E-state index is -1.65. The first kappa shape index (κ1) is 31.8. The highest BCUT2D eigenvalue weighted by Gasteiger charge is 2.33. The normalized spacial score (nSPS) is 14.7. The van der Waals surface area contributed by atoms with Gasteiger partial charge < -0.3 is 47.8 Å². The molecule has 1 aromatic carbocycles. The van der Waals surface area contributed by atoms with E-state index >= 15 is 0 Å². The van der Waals surface area contributed by atoms with E-state index < -0.39 is 72.3 Å². The lowest BCUT2D eigenvalue weighted by atomic mass is 10.0. The van der Waals surface area contributed by atoms with Crippen molar-refractivity contribution in [2.24, 2.45) is 11.5 Å². The molecule has 0 heterocycles. The van der Waals surface area contributed by atoms with Gasteiger partial charge in [-0.2, -0.15) is 0 Å². The van der Waals surface area contributed by atoms with Gasteiger partial charge >= 0.3 is 11.9 Å².